The SMILES string of the molecule is CCc1cccc(CC)c1N1C[C@H](C(=O)Nc2ccc(Br)c(Cl)c2C)CC1=O. The van der Waals surface area contributed by atoms with Crippen molar-refractivity contribution >= 4 is 50.7 Å². The highest BCUT2D eigenvalue weighted by atomic mass is 79.9. The van der Waals surface area contributed by atoms with E-state index in [0.717, 1.165) is 39.7 Å². The van der Waals surface area contributed by atoms with E-state index in [2.05, 4.69) is 47.2 Å². The van der Waals surface area contributed by atoms with Gasteiger partial charge < -0.3 is 10.2 Å². The predicted octanol–water partition coefficient (Wildman–Crippen LogP) is 5.53. The molecular formula is C22H24BrClN2O2. The molecular weight excluding hydrogens is 440 g/mol. The molecule has 1 fully saturated rings. The number of aryl methyl sites for hydroxylation is 2. The van der Waals surface area contributed by atoms with Crippen LogP contribution in [-0.4, -0.2) is 18.4 Å². The van der Waals surface area contributed by atoms with Crippen LogP contribution < -0.4 is 10.2 Å². The second-order valence-corrected chi connectivity index (χ2v) is 8.29. The van der Waals surface area contributed by atoms with Gasteiger partial charge in [-0.15, -0.1) is 0 Å². The zero-order valence-electron chi connectivity index (χ0n) is 16.3. The number of rotatable bonds is 5. The highest BCUT2D eigenvalue weighted by Crippen LogP contribution is 2.34. The Kier molecular flexibility index (Phi) is 6.46. The number of nitrogens with zero attached hydrogens (tertiary/aromatic N) is 1. The summed E-state index contributed by atoms with van der Waals surface area (Å²) in [5.74, 6) is -0.533. The summed E-state index contributed by atoms with van der Waals surface area (Å²) in [6.07, 6.45) is 1.91. The summed E-state index contributed by atoms with van der Waals surface area (Å²) in [6, 6.07) is 9.78. The molecule has 0 aliphatic carbocycles. The van der Waals surface area contributed by atoms with Crippen LogP contribution in [0.15, 0.2) is 34.8 Å². The Morgan fingerprint density at radius 3 is 2.46 bits per heavy atom. The highest BCUT2D eigenvalue weighted by Gasteiger charge is 2.36. The van der Waals surface area contributed by atoms with Gasteiger partial charge in [0.1, 0.15) is 0 Å². The summed E-state index contributed by atoms with van der Waals surface area (Å²) in [5, 5.41) is 3.52. The number of carbonyl (C=O) groups excluding carboxylic acids is 2. The lowest BCUT2D eigenvalue weighted by molar-refractivity contribution is -0.122. The van der Waals surface area contributed by atoms with Gasteiger partial charge in [-0.2, -0.15) is 0 Å². The summed E-state index contributed by atoms with van der Waals surface area (Å²) in [7, 11) is 0. The molecule has 0 saturated carbocycles. The molecule has 0 bridgehead atoms. The average molecular weight is 464 g/mol. The van der Waals surface area contributed by atoms with Crippen molar-refractivity contribution in [3.8, 4) is 0 Å². The van der Waals surface area contributed by atoms with Gasteiger partial charge >= 0.3 is 0 Å². The standard InChI is InChI=1S/C22H24BrClN2O2/c1-4-14-7-6-8-15(5-2)21(14)26-12-16(11-19(26)27)22(28)25-18-10-9-17(23)20(24)13(18)3/h6-10,16H,4-5,11-12H2,1-3H3,(H,25,28)/t16-/m1/s1. The van der Waals surface area contributed by atoms with E-state index in [1.165, 1.54) is 0 Å². The summed E-state index contributed by atoms with van der Waals surface area (Å²) in [4.78, 5) is 27.4. The van der Waals surface area contributed by atoms with E-state index in [1.54, 1.807) is 4.90 Å². The van der Waals surface area contributed by atoms with Gasteiger partial charge in [-0.3, -0.25) is 9.59 Å². The molecule has 0 radical (unpaired) electrons. The van der Waals surface area contributed by atoms with Gasteiger partial charge in [0.15, 0.2) is 0 Å². The Hall–Kier alpha value is -1.85. The Labute approximate surface area is 179 Å². The molecule has 148 valence electrons. The topological polar surface area (TPSA) is 49.4 Å². The molecule has 0 spiro atoms. The summed E-state index contributed by atoms with van der Waals surface area (Å²) >= 11 is 9.64. The second kappa shape index (κ2) is 8.66. The van der Waals surface area contributed by atoms with Gasteiger partial charge in [0.25, 0.3) is 0 Å². The van der Waals surface area contributed by atoms with Crippen LogP contribution in [-0.2, 0) is 22.4 Å². The molecule has 0 aromatic heterocycles. The number of carbonyl (C=O) groups is 2. The zero-order valence-corrected chi connectivity index (χ0v) is 18.7. The van der Waals surface area contributed by atoms with Crippen LogP contribution in [0.4, 0.5) is 11.4 Å². The molecule has 1 heterocycles. The van der Waals surface area contributed by atoms with E-state index < -0.39 is 0 Å². The number of amides is 2. The number of benzene rings is 2. The molecule has 1 aliphatic heterocycles. The third-order valence-electron chi connectivity index (χ3n) is 5.33. The van der Waals surface area contributed by atoms with E-state index >= 15 is 0 Å². The molecule has 6 heteroatoms. The van der Waals surface area contributed by atoms with Gasteiger partial charge in [0.05, 0.1) is 10.9 Å². The van der Waals surface area contributed by atoms with E-state index in [4.69, 9.17) is 11.6 Å². The average Bonchev–Trinajstić information content (AvgIpc) is 3.09. The van der Waals surface area contributed by atoms with Crippen molar-refractivity contribution in [1.82, 2.24) is 0 Å². The van der Waals surface area contributed by atoms with Crippen molar-refractivity contribution in [1.29, 1.82) is 0 Å². The second-order valence-electron chi connectivity index (χ2n) is 7.06. The van der Waals surface area contributed by atoms with Crippen LogP contribution in [0.1, 0.15) is 37.0 Å². The summed E-state index contributed by atoms with van der Waals surface area (Å²) < 4.78 is 0.787. The van der Waals surface area contributed by atoms with Crippen LogP contribution in [0, 0.1) is 12.8 Å². The number of hydrogen-bond acceptors (Lipinski definition) is 2. The number of nitrogens with one attached hydrogen (secondary N) is 1. The van der Waals surface area contributed by atoms with Crippen LogP contribution >= 0.6 is 27.5 Å². The molecule has 2 aromatic carbocycles. The Morgan fingerprint density at radius 1 is 1.21 bits per heavy atom. The van der Waals surface area contributed by atoms with Crippen molar-refractivity contribution in [2.75, 3.05) is 16.8 Å². The number of hydrogen-bond donors (Lipinski definition) is 1. The minimum Gasteiger partial charge on any atom is -0.325 e. The molecule has 28 heavy (non-hydrogen) atoms. The smallest absolute Gasteiger partial charge is 0.229 e. The number of halogens is 2. The number of anilines is 2. The normalized spacial score (nSPS) is 16.5. The Morgan fingerprint density at radius 2 is 1.86 bits per heavy atom. The highest BCUT2D eigenvalue weighted by molar-refractivity contribution is 9.10. The lowest BCUT2D eigenvalue weighted by Crippen LogP contribution is -2.29. The molecule has 4 nitrogen and oxygen atoms in total. The molecule has 1 saturated heterocycles. The van der Waals surface area contributed by atoms with E-state index in [0.29, 0.717) is 17.3 Å². The third kappa shape index (κ3) is 3.96. The van der Waals surface area contributed by atoms with Crippen molar-refractivity contribution in [2.24, 2.45) is 5.92 Å². The van der Waals surface area contributed by atoms with Gasteiger partial charge in [0.2, 0.25) is 11.8 Å². The number of para-hydroxylation sites is 1. The van der Waals surface area contributed by atoms with Crippen molar-refractivity contribution < 1.29 is 9.59 Å². The van der Waals surface area contributed by atoms with Crippen LogP contribution in [0.25, 0.3) is 0 Å². The first-order valence-corrected chi connectivity index (χ1v) is 10.7. The molecule has 1 N–H and O–H groups in total. The molecule has 3 rings (SSSR count). The van der Waals surface area contributed by atoms with Gasteiger partial charge in [-0.1, -0.05) is 43.6 Å². The van der Waals surface area contributed by atoms with Gasteiger partial charge in [-0.25, -0.2) is 0 Å². The molecule has 2 aromatic rings. The monoisotopic (exact) mass is 462 g/mol. The van der Waals surface area contributed by atoms with Crippen LogP contribution in [0.3, 0.4) is 0 Å². The minimum atomic E-state index is -0.385. The van der Waals surface area contributed by atoms with Gasteiger partial charge in [-0.05, 0) is 64.5 Å². The van der Waals surface area contributed by atoms with Gasteiger partial charge in [0, 0.05) is 28.8 Å². The maximum absolute atomic E-state index is 12.8. The van der Waals surface area contributed by atoms with Crippen LogP contribution in [0.5, 0.6) is 0 Å². The molecule has 2 amide bonds. The lowest BCUT2D eigenvalue weighted by Gasteiger charge is -2.23. The first-order valence-electron chi connectivity index (χ1n) is 9.53. The van der Waals surface area contributed by atoms with Crippen molar-refractivity contribution in [3.63, 3.8) is 0 Å². The quantitative estimate of drug-likeness (QED) is 0.634. The van der Waals surface area contributed by atoms with Crippen LogP contribution in [0.2, 0.25) is 5.02 Å². The minimum absolute atomic E-state index is 0.00121. The summed E-state index contributed by atoms with van der Waals surface area (Å²) in [6.45, 7) is 6.43. The maximum atomic E-state index is 12.8. The first-order chi connectivity index (χ1) is 13.4. The molecule has 1 atom stereocenters. The largest absolute Gasteiger partial charge is 0.325 e. The predicted molar refractivity (Wildman–Crippen MR) is 118 cm³/mol. The Balaban J connectivity index is 1.82. The molecule has 1 aliphatic rings. The fourth-order valence-corrected chi connectivity index (χ4v) is 4.28. The first kappa shape index (κ1) is 20.9. The summed E-state index contributed by atoms with van der Waals surface area (Å²) in [5.41, 5.74) is 4.74. The Bertz CT molecular complexity index is 907. The van der Waals surface area contributed by atoms with E-state index in [9.17, 15) is 9.59 Å². The maximum Gasteiger partial charge on any atom is 0.229 e. The third-order valence-corrected chi connectivity index (χ3v) is 6.70. The van der Waals surface area contributed by atoms with E-state index in [1.807, 2.05) is 25.1 Å². The van der Waals surface area contributed by atoms with E-state index in [-0.39, 0.29) is 24.2 Å². The fraction of sp³-hybridized carbons (Fsp3) is 0.364. The van der Waals surface area contributed by atoms with Crippen molar-refractivity contribution in [3.05, 3.63) is 56.5 Å². The fourth-order valence-electron chi connectivity index (χ4n) is 3.68. The van der Waals surface area contributed by atoms with Crippen molar-refractivity contribution in [2.45, 2.75) is 40.0 Å². The lowest BCUT2D eigenvalue weighted by atomic mass is 10.0. The zero-order chi connectivity index (χ0) is 20.4. The molecule has 0 unspecified atom stereocenters.